The van der Waals surface area contributed by atoms with Gasteiger partial charge in [-0.3, -0.25) is 4.98 Å². The lowest BCUT2D eigenvalue weighted by molar-refractivity contribution is 0.146. The van der Waals surface area contributed by atoms with E-state index < -0.39 is 0 Å². The van der Waals surface area contributed by atoms with E-state index in [1.807, 2.05) is 6.07 Å². The van der Waals surface area contributed by atoms with Crippen molar-refractivity contribution in [2.75, 3.05) is 33.5 Å². The van der Waals surface area contributed by atoms with Crippen molar-refractivity contribution in [3.05, 3.63) is 18.5 Å². The fourth-order valence-electron chi connectivity index (χ4n) is 1.90. The van der Waals surface area contributed by atoms with Crippen molar-refractivity contribution in [3.63, 3.8) is 0 Å². The number of hydrogen-bond acceptors (Lipinski definition) is 5. The molecule has 0 aliphatic carbocycles. The summed E-state index contributed by atoms with van der Waals surface area (Å²) in [4.78, 5) is 4.10. The third kappa shape index (κ3) is 4.16. The van der Waals surface area contributed by atoms with E-state index in [1.165, 1.54) is 12.8 Å². The van der Waals surface area contributed by atoms with Gasteiger partial charge in [0.1, 0.15) is 24.7 Å². The van der Waals surface area contributed by atoms with Crippen LogP contribution < -0.4 is 14.8 Å². The first kappa shape index (κ1) is 13.1. The van der Waals surface area contributed by atoms with Crippen LogP contribution in [0.4, 0.5) is 0 Å². The molecule has 0 amide bonds. The highest BCUT2D eigenvalue weighted by Crippen LogP contribution is 2.18. The van der Waals surface area contributed by atoms with Gasteiger partial charge in [-0.1, -0.05) is 0 Å². The van der Waals surface area contributed by atoms with Crippen LogP contribution >= 0.6 is 0 Å². The van der Waals surface area contributed by atoms with E-state index in [4.69, 9.17) is 14.2 Å². The molecule has 1 fully saturated rings. The highest BCUT2D eigenvalue weighted by molar-refractivity contribution is 5.28. The summed E-state index contributed by atoms with van der Waals surface area (Å²) in [5, 5.41) is 3.39. The van der Waals surface area contributed by atoms with Crippen molar-refractivity contribution in [2.45, 2.75) is 18.9 Å². The summed E-state index contributed by atoms with van der Waals surface area (Å²) in [6.45, 7) is 2.86. The molecule has 0 spiro atoms. The van der Waals surface area contributed by atoms with Crippen molar-refractivity contribution in [1.82, 2.24) is 10.3 Å². The van der Waals surface area contributed by atoms with Gasteiger partial charge in [-0.2, -0.15) is 0 Å². The number of methoxy groups -OCH3 is 1. The average molecular weight is 252 g/mol. The molecule has 1 saturated heterocycles. The zero-order valence-corrected chi connectivity index (χ0v) is 10.7. The molecule has 0 unspecified atom stereocenters. The maximum atomic E-state index is 5.70. The molecule has 1 N–H and O–H groups in total. The first-order valence-corrected chi connectivity index (χ1v) is 6.31. The molecule has 100 valence electrons. The first-order chi connectivity index (χ1) is 8.88. The molecule has 1 atom stereocenters. The summed E-state index contributed by atoms with van der Waals surface area (Å²) < 4.78 is 16.1. The highest BCUT2D eigenvalue weighted by atomic mass is 16.5. The minimum Gasteiger partial charge on any atom is -0.490 e. The smallest absolute Gasteiger partial charge is 0.141 e. The topological polar surface area (TPSA) is 52.6 Å². The Morgan fingerprint density at radius 2 is 2.11 bits per heavy atom. The van der Waals surface area contributed by atoms with Crippen LogP contribution in [0, 0.1) is 0 Å². The maximum absolute atomic E-state index is 5.70. The van der Waals surface area contributed by atoms with Crippen LogP contribution in [0.25, 0.3) is 0 Å². The summed E-state index contributed by atoms with van der Waals surface area (Å²) >= 11 is 0. The van der Waals surface area contributed by atoms with Gasteiger partial charge >= 0.3 is 0 Å². The van der Waals surface area contributed by atoms with E-state index in [2.05, 4.69) is 10.3 Å². The fraction of sp³-hybridized carbons (Fsp3) is 0.615. The Morgan fingerprint density at radius 3 is 2.83 bits per heavy atom. The summed E-state index contributed by atoms with van der Waals surface area (Å²) in [6.07, 6.45) is 5.79. The molecule has 5 nitrogen and oxygen atoms in total. The number of ether oxygens (including phenoxy) is 3. The second-order valence-electron chi connectivity index (χ2n) is 4.30. The second-order valence-corrected chi connectivity index (χ2v) is 4.30. The SMILES string of the molecule is COCCOc1cncc(OC[C@@H]2CCCN2)c1. The molecule has 1 aliphatic rings. The maximum Gasteiger partial charge on any atom is 0.141 e. The average Bonchev–Trinajstić information content (AvgIpc) is 2.90. The molecule has 1 aliphatic heterocycles. The van der Waals surface area contributed by atoms with E-state index in [-0.39, 0.29) is 0 Å². The van der Waals surface area contributed by atoms with Crippen LogP contribution in [0.1, 0.15) is 12.8 Å². The van der Waals surface area contributed by atoms with E-state index in [0.717, 1.165) is 12.3 Å². The first-order valence-electron chi connectivity index (χ1n) is 6.31. The molecule has 18 heavy (non-hydrogen) atoms. The quantitative estimate of drug-likeness (QED) is 0.740. The molecule has 0 aromatic carbocycles. The number of aromatic nitrogens is 1. The lowest BCUT2D eigenvalue weighted by atomic mass is 10.2. The Balaban J connectivity index is 1.78. The summed E-state index contributed by atoms with van der Waals surface area (Å²) in [5.41, 5.74) is 0. The monoisotopic (exact) mass is 252 g/mol. The molecular formula is C13H20N2O3. The van der Waals surface area contributed by atoms with Gasteiger partial charge in [0.15, 0.2) is 0 Å². The van der Waals surface area contributed by atoms with Crippen LogP contribution in [0.15, 0.2) is 18.5 Å². The van der Waals surface area contributed by atoms with Crippen LogP contribution in [-0.4, -0.2) is 44.5 Å². The molecule has 2 heterocycles. The highest BCUT2D eigenvalue weighted by Gasteiger charge is 2.14. The Bertz CT molecular complexity index is 354. The molecule has 5 heteroatoms. The lowest BCUT2D eigenvalue weighted by Gasteiger charge is -2.12. The van der Waals surface area contributed by atoms with E-state index in [1.54, 1.807) is 19.5 Å². The minimum atomic E-state index is 0.461. The number of pyridine rings is 1. The summed E-state index contributed by atoms with van der Waals surface area (Å²) in [6, 6.07) is 2.32. The van der Waals surface area contributed by atoms with Crippen LogP contribution in [0.2, 0.25) is 0 Å². The Morgan fingerprint density at radius 1 is 1.28 bits per heavy atom. The van der Waals surface area contributed by atoms with Gasteiger partial charge in [0.25, 0.3) is 0 Å². The fourth-order valence-corrected chi connectivity index (χ4v) is 1.90. The third-order valence-corrected chi connectivity index (χ3v) is 2.86. The van der Waals surface area contributed by atoms with Crippen molar-refractivity contribution in [2.24, 2.45) is 0 Å². The van der Waals surface area contributed by atoms with Crippen LogP contribution in [0.5, 0.6) is 11.5 Å². The lowest BCUT2D eigenvalue weighted by Crippen LogP contribution is -2.28. The molecular weight excluding hydrogens is 232 g/mol. The molecule has 2 rings (SSSR count). The van der Waals surface area contributed by atoms with E-state index in [0.29, 0.717) is 31.6 Å². The second kappa shape index (κ2) is 7.18. The Labute approximate surface area is 107 Å². The van der Waals surface area contributed by atoms with Gasteiger partial charge in [0.05, 0.1) is 19.0 Å². The molecule has 1 aromatic rings. The molecule has 0 radical (unpaired) electrons. The number of nitrogens with zero attached hydrogens (tertiary/aromatic N) is 1. The van der Waals surface area contributed by atoms with E-state index in [9.17, 15) is 0 Å². The summed E-state index contributed by atoms with van der Waals surface area (Å²) in [7, 11) is 1.65. The predicted octanol–water partition coefficient (Wildman–Crippen LogP) is 1.24. The zero-order chi connectivity index (χ0) is 12.6. The predicted molar refractivity (Wildman–Crippen MR) is 68.1 cm³/mol. The molecule has 1 aromatic heterocycles. The van der Waals surface area contributed by atoms with Crippen LogP contribution in [-0.2, 0) is 4.74 Å². The Kier molecular flexibility index (Phi) is 5.23. The van der Waals surface area contributed by atoms with Gasteiger partial charge in [-0.15, -0.1) is 0 Å². The van der Waals surface area contributed by atoms with Crippen molar-refractivity contribution < 1.29 is 14.2 Å². The standard InChI is InChI=1S/C13H20N2O3/c1-16-5-6-17-12-7-13(9-14-8-12)18-10-11-3-2-4-15-11/h7-9,11,15H,2-6,10H2,1H3/t11-/m0/s1. The Hall–Kier alpha value is -1.33. The van der Waals surface area contributed by atoms with Gasteiger partial charge in [0.2, 0.25) is 0 Å². The number of hydrogen-bond donors (Lipinski definition) is 1. The number of rotatable bonds is 7. The zero-order valence-electron chi connectivity index (χ0n) is 10.7. The normalized spacial score (nSPS) is 18.8. The summed E-state index contributed by atoms with van der Waals surface area (Å²) in [5.74, 6) is 1.46. The molecule has 0 bridgehead atoms. The van der Waals surface area contributed by atoms with Gasteiger partial charge in [0, 0.05) is 19.2 Å². The van der Waals surface area contributed by atoms with Gasteiger partial charge in [-0.25, -0.2) is 0 Å². The number of nitrogens with one attached hydrogen (secondary N) is 1. The molecule has 0 saturated carbocycles. The third-order valence-electron chi connectivity index (χ3n) is 2.86. The minimum absolute atomic E-state index is 0.461. The van der Waals surface area contributed by atoms with Crippen LogP contribution in [0.3, 0.4) is 0 Å². The van der Waals surface area contributed by atoms with Gasteiger partial charge < -0.3 is 19.5 Å². The van der Waals surface area contributed by atoms with Crippen molar-refractivity contribution in [1.29, 1.82) is 0 Å². The van der Waals surface area contributed by atoms with Gasteiger partial charge in [-0.05, 0) is 19.4 Å². The van der Waals surface area contributed by atoms with Crippen molar-refractivity contribution >= 4 is 0 Å². The largest absolute Gasteiger partial charge is 0.490 e. The van der Waals surface area contributed by atoms with E-state index >= 15 is 0 Å². The van der Waals surface area contributed by atoms with Crippen molar-refractivity contribution in [3.8, 4) is 11.5 Å².